The van der Waals surface area contributed by atoms with E-state index in [1.54, 1.807) is 0 Å². The van der Waals surface area contributed by atoms with Crippen molar-refractivity contribution in [3.8, 4) is 0 Å². The molecule has 4 aromatic rings. The number of hydrogen-bond acceptors (Lipinski definition) is 22. The lowest BCUT2D eigenvalue weighted by Crippen LogP contribution is -2.38. The van der Waals surface area contributed by atoms with E-state index in [0.29, 0.717) is 30.3 Å². The van der Waals surface area contributed by atoms with Crippen LogP contribution in [0.3, 0.4) is 0 Å². The Morgan fingerprint density at radius 3 is 0.786 bits per heavy atom. The average molecular weight is 1340 g/mol. The molecule has 0 saturated heterocycles. The van der Waals surface area contributed by atoms with Gasteiger partial charge >= 0.3 is 0 Å². The number of aromatic nitrogens is 6. The average Bonchev–Trinajstić information content (AvgIpc) is 1.60. The molecule has 0 fully saturated rings. The molecule has 12 rings (SSSR count). The van der Waals surface area contributed by atoms with Gasteiger partial charge in [-0.15, -0.1) is 0 Å². The van der Waals surface area contributed by atoms with Crippen molar-refractivity contribution in [2.45, 2.75) is 215 Å². The predicted molar refractivity (Wildman–Crippen MR) is 407 cm³/mol. The molecule has 0 amide bonds. The van der Waals surface area contributed by atoms with Crippen molar-refractivity contribution in [3.63, 3.8) is 0 Å². The van der Waals surface area contributed by atoms with Gasteiger partial charge in [0.05, 0.1) is 29.5 Å². The minimum atomic E-state index is 0.235. The van der Waals surface area contributed by atoms with Crippen molar-refractivity contribution in [3.05, 3.63) is 154 Å². The molecule has 22 nitrogen and oxygen atoms in total. The van der Waals surface area contributed by atoms with Crippen molar-refractivity contribution < 1.29 is 0 Å². The molecule has 0 radical (unpaired) electrons. The maximum absolute atomic E-state index is 4.85. The van der Waals surface area contributed by atoms with Gasteiger partial charge in [0, 0.05) is 174 Å². The van der Waals surface area contributed by atoms with E-state index in [1.807, 2.05) is 32.4 Å². The van der Waals surface area contributed by atoms with Crippen LogP contribution in [-0.4, -0.2) is 175 Å². The molecule has 98 heavy (non-hydrogen) atoms. The Labute approximate surface area is 589 Å². The van der Waals surface area contributed by atoms with Crippen molar-refractivity contribution in [1.82, 2.24) is 69.1 Å². The van der Waals surface area contributed by atoms with Gasteiger partial charge in [0.1, 0.15) is 90.1 Å². The smallest absolute Gasteiger partial charge is 0.143 e. The zero-order valence-electron chi connectivity index (χ0n) is 65.5. The maximum atomic E-state index is 4.85. The molecular weight excluding hydrogens is 1220 g/mol. The molecule has 12 heterocycles. The number of hydrogen-bond donors (Lipinski definition) is 0. The minimum absolute atomic E-state index is 0.235. The third kappa shape index (κ3) is 13.5. The Hall–Kier alpha value is -8.82. The first kappa shape index (κ1) is 73.4. The van der Waals surface area contributed by atoms with E-state index < -0.39 is 0 Å². The van der Waals surface area contributed by atoms with Crippen molar-refractivity contribution in [2.75, 3.05) is 95.6 Å². The van der Waals surface area contributed by atoms with Crippen LogP contribution in [0.5, 0.6) is 0 Å². The molecule has 0 aromatic carbocycles. The fourth-order valence-corrected chi connectivity index (χ4v) is 14.2. The summed E-state index contributed by atoms with van der Waals surface area (Å²) in [6.45, 7) is 52.1. The lowest BCUT2D eigenvalue weighted by atomic mass is 10.1. The molecule has 0 saturated carbocycles. The van der Waals surface area contributed by atoms with Crippen LogP contribution < -0.4 is 39.2 Å². The highest BCUT2D eigenvalue weighted by atomic mass is 15.5. The van der Waals surface area contributed by atoms with E-state index in [2.05, 4.69) is 353 Å². The summed E-state index contributed by atoms with van der Waals surface area (Å²) < 4.78 is 0. The second-order valence-electron chi connectivity index (χ2n) is 28.9. The van der Waals surface area contributed by atoms with E-state index in [1.165, 1.54) is 73.8 Å². The highest BCUT2D eigenvalue weighted by molar-refractivity contribution is 5.71. The monoisotopic (exact) mass is 1340 g/mol. The van der Waals surface area contributed by atoms with Gasteiger partial charge in [0.25, 0.3) is 0 Å². The van der Waals surface area contributed by atoms with Crippen LogP contribution >= 0.6 is 0 Å². The molecule has 22 heteroatoms. The van der Waals surface area contributed by atoms with Crippen LogP contribution in [0.25, 0.3) is 0 Å². The fourth-order valence-electron chi connectivity index (χ4n) is 14.2. The maximum Gasteiger partial charge on any atom is 0.143 e. The number of nitrogens with zero attached hydrogens (tertiary/aromatic N) is 22. The predicted octanol–water partition coefficient (Wildman–Crippen LogP) is 13.9. The summed E-state index contributed by atoms with van der Waals surface area (Å²) in [6, 6.07) is 2.11. The Kier molecular flexibility index (Phi) is 21.4. The summed E-state index contributed by atoms with van der Waals surface area (Å²) in [5.41, 5.74) is 18.5. The zero-order valence-corrected chi connectivity index (χ0v) is 65.5. The van der Waals surface area contributed by atoms with E-state index in [-0.39, 0.29) is 30.8 Å². The van der Waals surface area contributed by atoms with Crippen molar-refractivity contribution in [2.24, 2.45) is 11.8 Å². The number of pyridine rings is 2. The minimum Gasteiger partial charge on any atom is -0.357 e. The van der Waals surface area contributed by atoms with Gasteiger partial charge in [-0.05, 0) is 162 Å². The van der Waals surface area contributed by atoms with E-state index in [9.17, 15) is 0 Å². The SMILES string of the molecule is CC1=CN(c2cncc(N3C=C(C)N(C)[C@@H]3C)c2C)[C@H](C)N1C.CC1=CN(c2nc(C)nc(N3C=C(C)N(C)[C@@H]3C)c2C)[C@H](C)N1C.CC1=CN(c2nccc(N3C=C(C)N(C)[C@@H]3C)c2C)[C@H](C)N1C.Cc1nc(N2C=C(C(C)C)N(C)[C@H]2C)c(C)c(N2C=C(C(C)C)N(C)[C@@H]2C)n1. The Morgan fingerprint density at radius 1 is 0.286 bits per heavy atom. The first-order valence-corrected chi connectivity index (χ1v) is 35.2. The Balaban J connectivity index is 0.000000153. The summed E-state index contributed by atoms with van der Waals surface area (Å²) in [6.07, 6.45) is 25.7. The molecule has 0 unspecified atom stereocenters. The highest BCUT2D eigenvalue weighted by Gasteiger charge is 2.38. The first-order valence-electron chi connectivity index (χ1n) is 35.2. The number of anilines is 8. The molecule has 0 bridgehead atoms. The number of aryl methyl sites for hydroxylation is 2. The summed E-state index contributed by atoms with van der Waals surface area (Å²) >= 11 is 0. The molecule has 4 aromatic heterocycles. The quantitative estimate of drug-likeness (QED) is 0.149. The summed E-state index contributed by atoms with van der Waals surface area (Å²) in [7, 11) is 17.1. The van der Waals surface area contributed by atoms with Crippen LogP contribution in [0.4, 0.5) is 46.2 Å². The summed E-state index contributed by atoms with van der Waals surface area (Å²) in [5.74, 6) is 7.56. The van der Waals surface area contributed by atoms with E-state index in [0.717, 1.165) is 51.9 Å². The normalized spacial score (nSPS) is 23.9. The second-order valence-corrected chi connectivity index (χ2v) is 28.9. The van der Waals surface area contributed by atoms with Gasteiger partial charge in [-0.1, -0.05) is 27.7 Å². The fraction of sp³-hybridized carbons (Fsp3) is 0.553. The van der Waals surface area contributed by atoms with Crippen LogP contribution in [0.15, 0.2) is 120 Å². The number of allylic oxidation sites excluding steroid dienone is 8. The molecule has 8 aliphatic heterocycles. The summed E-state index contributed by atoms with van der Waals surface area (Å²) in [5, 5.41) is 0. The third-order valence-corrected chi connectivity index (χ3v) is 22.3. The molecule has 0 N–H and O–H groups in total. The van der Waals surface area contributed by atoms with Crippen LogP contribution in [-0.2, 0) is 0 Å². The largest absolute Gasteiger partial charge is 0.357 e. The van der Waals surface area contributed by atoms with Gasteiger partial charge in [-0.2, -0.15) is 0 Å². The van der Waals surface area contributed by atoms with Gasteiger partial charge in [-0.25, -0.2) is 24.9 Å². The van der Waals surface area contributed by atoms with E-state index in [4.69, 9.17) is 19.9 Å². The third-order valence-electron chi connectivity index (χ3n) is 22.3. The topological polar surface area (TPSA) is 129 Å². The molecule has 8 atom stereocenters. The molecule has 8 aliphatic rings. The molecular formula is C76H118N22. The van der Waals surface area contributed by atoms with E-state index >= 15 is 0 Å². The Bertz CT molecular complexity index is 3530. The molecule has 0 spiro atoms. The van der Waals surface area contributed by atoms with Gasteiger partial charge in [0.2, 0.25) is 0 Å². The van der Waals surface area contributed by atoms with Gasteiger partial charge < -0.3 is 78.4 Å². The molecule has 532 valence electrons. The summed E-state index contributed by atoms with van der Waals surface area (Å²) in [4.78, 5) is 65.0. The van der Waals surface area contributed by atoms with Crippen LogP contribution in [0.2, 0.25) is 0 Å². The van der Waals surface area contributed by atoms with Crippen LogP contribution in [0, 0.1) is 53.4 Å². The van der Waals surface area contributed by atoms with Gasteiger partial charge in [-0.3, -0.25) is 4.98 Å². The Morgan fingerprint density at radius 2 is 0.531 bits per heavy atom. The first-order chi connectivity index (χ1) is 45.9. The number of rotatable bonds is 10. The van der Waals surface area contributed by atoms with Crippen molar-refractivity contribution >= 4 is 46.2 Å². The van der Waals surface area contributed by atoms with Crippen LogP contribution in [0.1, 0.15) is 159 Å². The lowest BCUT2D eigenvalue weighted by Gasteiger charge is -2.32. The standard InChI is InChI=1S/C22H36N6.C18H28N6.2C18H27N5/c1-13(2)19-11-27(17(7)25(19)9)21-15(5)22(24-16(6)23-21)28-12-20(14(3)4)26(10)18(28)8;1-11-9-23(15(5)21(11)7)17-13(3)18(20-14(4)19-17)24-10-12(2)22(8)16(24)6;1-12-10-22(15(4)20(12)6)17-8-19-9-18(14(17)3)23-11-13(2)21(7)16(23)5;1-12-10-22(15(4)20(12)6)17-8-9-19-18(14(17)3)23-11-13(2)21(7)16(23)5/h11-14,17-18H,1-10H3;9-10,15-16H,1-8H3;2*8-11,15-16H,1-7H3/t17-,18+;3*15-,16+/m...0/s1. The highest BCUT2D eigenvalue weighted by Crippen LogP contribution is 2.42. The molecule has 0 aliphatic carbocycles. The second kappa shape index (κ2) is 28.6. The lowest BCUT2D eigenvalue weighted by molar-refractivity contribution is 0.326. The zero-order chi connectivity index (χ0) is 72.4. The van der Waals surface area contributed by atoms with Gasteiger partial charge in [0.15, 0.2) is 0 Å². The van der Waals surface area contributed by atoms with Crippen molar-refractivity contribution in [1.29, 1.82) is 0 Å².